The van der Waals surface area contributed by atoms with E-state index in [1.165, 1.54) is 6.21 Å². The number of amides is 3. The van der Waals surface area contributed by atoms with E-state index >= 15 is 0 Å². The summed E-state index contributed by atoms with van der Waals surface area (Å²) in [5.41, 5.74) is 4.41. The minimum Gasteiger partial charge on any atom is -0.488 e. The van der Waals surface area contributed by atoms with Gasteiger partial charge in [-0.05, 0) is 29.8 Å². The molecule has 1 heterocycles. The highest BCUT2D eigenvalue weighted by atomic mass is 16.5. The molecule has 2 N–H and O–H groups in total. The van der Waals surface area contributed by atoms with Gasteiger partial charge in [0.05, 0.1) is 30.7 Å². The smallest absolute Gasteiger partial charge is 0.329 e. The second-order valence-corrected chi connectivity index (χ2v) is 7.92. The first-order valence-electron chi connectivity index (χ1n) is 11.5. The number of rotatable bonds is 7. The predicted molar refractivity (Wildman–Crippen MR) is 135 cm³/mol. The van der Waals surface area contributed by atoms with Gasteiger partial charge in [-0.15, -0.1) is 0 Å². The SMILES string of the molecule is O=C(N/N=C\c1ccccc1OCc1ccccc1)C(=O)Nc1ccccc1C(=O)N1CCOCC1. The molecule has 3 aromatic rings. The third-order valence-corrected chi connectivity index (χ3v) is 5.44. The summed E-state index contributed by atoms with van der Waals surface area (Å²) in [6.45, 7) is 2.23. The van der Waals surface area contributed by atoms with Crippen LogP contribution in [0.3, 0.4) is 0 Å². The van der Waals surface area contributed by atoms with Crippen LogP contribution in [0.15, 0.2) is 84.0 Å². The summed E-state index contributed by atoms with van der Waals surface area (Å²) in [5.74, 6) is -1.57. The lowest BCUT2D eigenvalue weighted by molar-refractivity contribution is -0.136. The van der Waals surface area contributed by atoms with E-state index < -0.39 is 11.8 Å². The highest BCUT2D eigenvalue weighted by Crippen LogP contribution is 2.19. The van der Waals surface area contributed by atoms with Gasteiger partial charge in [0, 0.05) is 18.7 Å². The second kappa shape index (κ2) is 12.3. The van der Waals surface area contributed by atoms with Gasteiger partial charge in [0.25, 0.3) is 5.91 Å². The third-order valence-electron chi connectivity index (χ3n) is 5.44. The van der Waals surface area contributed by atoms with Crippen molar-refractivity contribution in [3.63, 3.8) is 0 Å². The fourth-order valence-electron chi connectivity index (χ4n) is 3.56. The van der Waals surface area contributed by atoms with Crippen molar-refractivity contribution in [2.75, 3.05) is 31.6 Å². The summed E-state index contributed by atoms with van der Waals surface area (Å²) in [4.78, 5) is 39.3. The maximum Gasteiger partial charge on any atom is 0.329 e. The van der Waals surface area contributed by atoms with Crippen LogP contribution in [-0.4, -0.2) is 55.1 Å². The van der Waals surface area contributed by atoms with Crippen LogP contribution in [-0.2, 0) is 20.9 Å². The molecule has 1 fully saturated rings. The lowest BCUT2D eigenvalue weighted by atomic mass is 10.1. The number of hydrogen-bond donors (Lipinski definition) is 2. The monoisotopic (exact) mass is 486 g/mol. The number of carbonyl (C=O) groups is 3. The molecule has 9 heteroatoms. The molecule has 0 radical (unpaired) electrons. The van der Waals surface area contributed by atoms with Gasteiger partial charge < -0.3 is 19.7 Å². The molecule has 1 saturated heterocycles. The van der Waals surface area contributed by atoms with Gasteiger partial charge in [-0.2, -0.15) is 5.10 Å². The molecule has 4 rings (SSSR count). The van der Waals surface area contributed by atoms with Gasteiger partial charge in [0.15, 0.2) is 0 Å². The molecule has 0 spiro atoms. The molecule has 36 heavy (non-hydrogen) atoms. The molecule has 3 aromatic carbocycles. The van der Waals surface area contributed by atoms with Gasteiger partial charge in [0.2, 0.25) is 0 Å². The summed E-state index contributed by atoms with van der Waals surface area (Å²) in [6, 6.07) is 23.5. The average Bonchev–Trinajstić information content (AvgIpc) is 2.93. The summed E-state index contributed by atoms with van der Waals surface area (Å²) in [6.07, 6.45) is 1.40. The van der Waals surface area contributed by atoms with Crippen LogP contribution in [0.2, 0.25) is 0 Å². The third kappa shape index (κ3) is 6.55. The fraction of sp³-hybridized carbons (Fsp3) is 0.185. The maximum absolute atomic E-state index is 12.9. The van der Waals surface area contributed by atoms with Crippen LogP contribution in [0.5, 0.6) is 5.75 Å². The summed E-state index contributed by atoms with van der Waals surface area (Å²) in [7, 11) is 0. The van der Waals surface area contributed by atoms with Gasteiger partial charge in [0.1, 0.15) is 12.4 Å². The maximum atomic E-state index is 12.9. The van der Waals surface area contributed by atoms with Crippen LogP contribution in [0, 0.1) is 0 Å². The van der Waals surface area contributed by atoms with Crippen molar-refractivity contribution in [3.8, 4) is 5.75 Å². The number of anilines is 1. The highest BCUT2D eigenvalue weighted by Gasteiger charge is 2.22. The van der Waals surface area contributed by atoms with Crippen molar-refractivity contribution in [1.29, 1.82) is 0 Å². The van der Waals surface area contributed by atoms with Crippen molar-refractivity contribution in [2.24, 2.45) is 5.10 Å². The van der Waals surface area contributed by atoms with E-state index in [-0.39, 0.29) is 11.6 Å². The number of nitrogens with zero attached hydrogens (tertiary/aromatic N) is 2. The molecule has 0 saturated carbocycles. The summed E-state index contributed by atoms with van der Waals surface area (Å²) < 4.78 is 11.2. The van der Waals surface area contributed by atoms with E-state index in [9.17, 15) is 14.4 Å². The molecule has 9 nitrogen and oxygen atoms in total. The number of hydrazone groups is 1. The Bertz CT molecular complexity index is 1240. The zero-order valence-electron chi connectivity index (χ0n) is 19.6. The summed E-state index contributed by atoms with van der Waals surface area (Å²) >= 11 is 0. The van der Waals surface area contributed by atoms with Crippen LogP contribution in [0.4, 0.5) is 5.69 Å². The molecular formula is C27H26N4O5. The van der Waals surface area contributed by atoms with Gasteiger partial charge in [-0.25, -0.2) is 5.43 Å². The van der Waals surface area contributed by atoms with E-state index in [4.69, 9.17) is 9.47 Å². The fourth-order valence-corrected chi connectivity index (χ4v) is 3.56. The molecule has 0 bridgehead atoms. The van der Waals surface area contributed by atoms with E-state index in [2.05, 4.69) is 15.8 Å². The molecule has 0 aliphatic carbocycles. The molecule has 1 aliphatic rings. The lowest BCUT2D eigenvalue weighted by Crippen LogP contribution is -2.41. The number of para-hydroxylation sites is 2. The first-order chi connectivity index (χ1) is 17.6. The number of ether oxygens (including phenoxy) is 2. The highest BCUT2D eigenvalue weighted by molar-refractivity contribution is 6.40. The van der Waals surface area contributed by atoms with Gasteiger partial charge >= 0.3 is 11.8 Å². The van der Waals surface area contributed by atoms with Crippen LogP contribution >= 0.6 is 0 Å². The van der Waals surface area contributed by atoms with Crippen LogP contribution in [0.1, 0.15) is 21.5 Å². The quantitative estimate of drug-likeness (QED) is 0.303. The van der Waals surface area contributed by atoms with Gasteiger partial charge in [-0.1, -0.05) is 54.6 Å². The zero-order valence-corrected chi connectivity index (χ0v) is 19.6. The lowest BCUT2D eigenvalue weighted by Gasteiger charge is -2.27. The van der Waals surface area contributed by atoms with E-state index in [0.717, 1.165) is 5.56 Å². The Kier molecular flexibility index (Phi) is 8.39. The minimum absolute atomic E-state index is 0.236. The van der Waals surface area contributed by atoms with Crippen LogP contribution in [0.25, 0.3) is 0 Å². The van der Waals surface area contributed by atoms with Crippen molar-refractivity contribution in [1.82, 2.24) is 10.3 Å². The minimum atomic E-state index is -0.970. The van der Waals surface area contributed by atoms with Crippen molar-refractivity contribution < 1.29 is 23.9 Å². The number of morpholine rings is 1. The van der Waals surface area contributed by atoms with E-state index in [1.54, 1.807) is 41.3 Å². The Morgan fingerprint density at radius 2 is 1.58 bits per heavy atom. The topological polar surface area (TPSA) is 109 Å². The van der Waals surface area contributed by atoms with Gasteiger partial charge in [-0.3, -0.25) is 14.4 Å². The van der Waals surface area contributed by atoms with Crippen molar-refractivity contribution >= 4 is 29.6 Å². The van der Waals surface area contributed by atoms with Crippen molar-refractivity contribution in [2.45, 2.75) is 6.61 Å². The Balaban J connectivity index is 1.35. The molecule has 0 aromatic heterocycles. The first kappa shape index (κ1) is 24.6. The van der Waals surface area contributed by atoms with Crippen molar-refractivity contribution in [3.05, 3.63) is 95.6 Å². The molecule has 0 atom stereocenters. The first-order valence-corrected chi connectivity index (χ1v) is 11.5. The number of hydrogen-bond acceptors (Lipinski definition) is 6. The second-order valence-electron chi connectivity index (χ2n) is 7.92. The van der Waals surface area contributed by atoms with Crippen LogP contribution < -0.4 is 15.5 Å². The average molecular weight is 487 g/mol. The summed E-state index contributed by atoms with van der Waals surface area (Å²) in [5, 5.41) is 6.40. The number of benzene rings is 3. The predicted octanol–water partition coefficient (Wildman–Crippen LogP) is 2.83. The Morgan fingerprint density at radius 1 is 0.889 bits per heavy atom. The molecular weight excluding hydrogens is 460 g/mol. The van der Waals surface area contributed by atoms with E-state index in [1.807, 2.05) is 42.5 Å². The number of nitrogens with one attached hydrogen (secondary N) is 2. The Labute approximate surface area is 208 Å². The molecule has 1 aliphatic heterocycles. The number of carbonyl (C=O) groups excluding carboxylic acids is 3. The van der Waals surface area contributed by atoms with E-state index in [0.29, 0.717) is 49.8 Å². The molecule has 0 unspecified atom stereocenters. The zero-order chi connectivity index (χ0) is 25.2. The molecule has 3 amide bonds. The largest absolute Gasteiger partial charge is 0.488 e. The normalized spacial score (nSPS) is 13.3. The Morgan fingerprint density at radius 3 is 2.39 bits per heavy atom. The standard InChI is InChI=1S/C27H26N4O5/c32-25(29-23-12-6-5-11-22(23)27(34)31-14-16-35-17-15-31)26(33)30-28-18-21-10-4-7-13-24(21)36-19-20-8-2-1-3-9-20/h1-13,18H,14-17,19H2,(H,29,32)(H,30,33)/b28-18-. The molecule has 184 valence electrons. The Hall–Kier alpha value is -4.50.